The molecule has 0 aliphatic carbocycles. The lowest BCUT2D eigenvalue weighted by molar-refractivity contribution is 0.0496. The Labute approximate surface area is 354 Å². The second-order valence-electron chi connectivity index (χ2n) is 16.2. The van der Waals surface area contributed by atoms with Crippen molar-refractivity contribution in [3.05, 3.63) is 120 Å². The van der Waals surface area contributed by atoms with E-state index in [-0.39, 0.29) is 16.8 Å². The standard InChI is InChI=1S/C23H25FN2O4S.C23H25FN2O2S/c1-14(25-22(27)30-23(2,3)4)18-12-15-10-11-16(24)13-19(15)26-21(18)17-8-6-7-9-20(17)31(5,28)29;1-14(25-22(27)28-23(2,3)4)18-12-15-10-11-16(24)13-19(15)26-21(18)17-8-6-7-9-20(17)29-5/h6-14H,1-5H3,(H,25,27);6-14H,1-5H3,(H,25,27)/t2*14-/m00/s1. The van der Waals surface area contributed by atoms with Gasteiger partial charge in [-0.15, -0.1) is 11.8 Å². The summed E-state index contributed by atoms with van der Waals surface area (Å²) in [6.07, 6.45) is 2.02. The maximum Gasteiger partial charge on any atom is 0.408 e. The smallest absolute Gasteiger partial charge is 0.408 e. The summed E-state index contributed by atoms with van der Waals surface area (Å²) in [5.41, 5.74) is 3.52. The summed E-state index contributed by atoms with van der Waals surface area (Å²) in [4.78, 5) is 35.2. The molecule has 316 valence electrons. The van der Waals surface area contributed by atoms with Gasteiger partial charge in [-0.25, -0.2) is 36.8 Å². The van der Waals surface area contributed by atoms with Gasteiger partial charge in [0.05, 0.1) is 39.4 Å². The van der Waals surface area contributed by atoms with Crippen LogP contribution in [0.3, 0.4) is 0 Å². The van der Waals surface area contributed by atoms with Crippen LogP contribution in [-0.4, -0.2) is 54.3 Å². The van der Waals surface area contributed by atoms with E-state index >= 15 is 0 Å². The van der Waals surface area contributed by atoms with Gasteiger partial charge in [0.1, 0.15) is 22.8 Å². The number of alkyl carbamates (subject to hydrolysis) is 2. The van der Waals surface area contributed by atoms with E-state index in [1.165, 1.54) is 30.3 Å². The summed E-state index contributed by atoms with van der Waals surface area (Å²) in [5, 5.41) is 7.14. The molecule has 60 heavy (non-hydrogen) atoms. The van der Waals surface area contributed by atoms with E-state index in [2.05, 4.69) is 15.6 Å². The summed E-state index contributed by atoms with van der Waals surface area (Å²) >= 11 is 1.61. The third-order valence-electron chi connectivity index (χ3n) is 8.92. The predicted octanol–water partition coefficient (Wildman–Crippen LogP) is 11.4. The third-order valence-corrected chi connectivity index (χ3v) is 10.9. The molecule has 10 nitrogen and oxygen atoms in total. The van der Waals surface area contributed by atoms with Crippen molar-refractivity contribution >= 4 is 55.6 Å². The Morgan fingerprint density at radius 3 is 1.50 bits per heavy atom. The van der Waals surface area contributed by atoms with Gasteiger partial charge in [-0.3, -0.25) is 0 Å². The molecule has 6 rings (SSSR count). The van der Waals surface area contributed by atoms with Crippen LogP contribution in [0.1, 0.15) is 78.6 Å². The SMILES string of the molecule is CSc1ccccc1-c1nc2cc(F)ccc2cc1[C@H](C)NC(=O)OC(C)(C)C.C[C@H](NC(=O)OC(C)(C)C)c1cc2ccc(F)cc2nc1-c1ccccc1S(C)(=O)=O. The lowest BCUT2D eigenvalue weighted by Gasteiger charge is -2.23. The number of pyridine rings is 2. The second-order valence-corrected chi connectivity index (χ2v) is 19.1. The van der Waals surface area contributed by atoms with Crippen LogP contribution in [0, 0.1) is 11.6 Å². The van der Waals surface area contributed by atoms with Gasteiger partial charge in [-0.05, 0) is 110 Å². The summed E-state index contributed by atoms with van der Waals surface area (Å²) in [7, 11) is -3.56. The average molecular weight is 857 g/mol. The van der Waals surface area contributed by atoms with E-state index in [0.29, 0.717) is 33.2 Å². The number of fused-ring (bicyclic) bond motifs is 2. The highest BCUT2D eigenvalue weighted by molar-refractivity contribution is 7.98. The number of hydrogen-bond acceptors (Lipinski definition) is 9. The van der Waals surface area contributed by atoms with Crippen molar-refractivity contribution in [3.63, 3.8) is 0 Å². The van der Waals surface area contributed by atoms with Crippen LogP contribution in [0.15, 0.2) is 107 Å². The molecule has 2 aromatic heterocycles. The average Bonchev–Trinajstić information content (AvgIpc) is 3.15. The quantitative estimate of drug-likeness (QED) is 0.143. The van der Waals surface area contributed by atoms with E-state index in [1.54, 1.807) is 75.9 Å². The molecule has 14 heteroatoms. The first-order valence-corrected chi connectivity index (χ1v) is 22.3. The molecule has 2 amide bonds. The number of nitrogens with zero attached hydrogens (tertiary/aromatic N) is 2. The highest BCUT2D eigenvalue weighted by Crippen LogP contribution is 2.36. The van der Waals surface area contributed by atoms with Gasteiger partial charge < -0.3 is 20.1 Å². The number of amides is 2. The zero-order valence-electron chi connectivity index (χ0n) is 35.3. The molecule has 0 bridgehead atoms. The first-order valence-electron chi connectivity index (χ1n) is 19.2. The van der Waals surface area contributed by atoms with E-state index in [0.717, 1.165) is 33.4 Å². The number of carbonyl (C=O) groups is 2. The lowest BCUT2D eigenvalue weighted by atomic mass is 9.98. The van der Waals surface area contributed by atoms with E-state index in [9.17, 15) is 26.8 Å². The van der Waals surface area contributed by atoms with Gasteiger partial charge in [0.15, 0.2) is 9.84 Å². The summed E-state index contributed by atoms with van der Waals surface area (Å²) < 4.78 is 63.1. The first kappa shape index (κ1) is 45.5. The number of benzene rings is 4. The van der Waals surface area contributed by atoms with Crippen molar-refractivity contribution in [3.8, 4) is 22.5 Å². The fraction of sp³-hybridized carbons (Fsp3) is 0.304. The Morgan fingerprint density at radius 1 is 0.650 bits per heavy atom. The zero-order valence-corrected chi connectivity index (χ0v) is 36.9. The van der Waals surface area contributed by atoms with Crippen LogP contribution in [0.25, 0.3) is 44.3 Å². The van der Waals surface area contributed by atoms with Crippen molar-refractivity contribution in [1.82, 2.24) is 20.6 Å². The number of hydrogen-bond donors (Lipinski definition) is 2. The topological polar surface area (TPSA) is 137 Å². The number of thioether (sulfide) groups is 1. The molecule has 2 heterocycles. The first-order chi connectivity index (χ1) is 28.0. The summed E-state index contributed by atoms with van der Waals surface area (Å²) in [6, 6.07) is 26.0. The maximum absolute atomic E-state index is 13.8. The Bertz CT molecular complexity index is 2660. The lowest BCUT2D eigenvalue weighted by Crippen LogP contribution is -2.34. The van der Waals surface area contributed by atoms with Crippen LogP contribution in [0.2, 0.25) is 0 Å². The molecule has 0 saturated carbocycles. The molecule has 0 radical (unpaired) electrons. The van der Waals surface area contributed by atoms with Gasteiger partial charge in [0.25, 0.3) is 0 Å². The molecule has 4 aromatic carbocycles. The minimum atomic E-state index is -3.56. The normalized spacial score (nSPS) is 12.9. The van der Waals surface area contributed by atoms with Gasteiger partial charge in [0, 0.05) is 56.3 Å². The highest BCUT2D eigenvalue weighted by Gasteiger charge is 2.25. The van der Waals surface area contributed by atoms with Crippen LogP contribution >= 0.6 is 11.8 Å². The largest absolute Gasteiger partial charge is 0.444 e. The molecular formula is C46H50F2N4O6S2. The fourth-order valence-corrected chi connectivity index (χ4v) is 7.84. The van der Waals surface area contributed by atoms with Crippen molar-refractivity contribution in [2.45, 2.75) is 88.5 Å². The number of ether oxygens (including phenoxy) is 2. The fourth-order valence-electron chi connectivity index (χ4n) is 6.35. The number of carbonyl (C=O) groups excluding carboxylic acids is 2. The molecule has 0 spiro atoms. The number of rotatable bonds is 8. The van der Waals surface area contributed by atoms with Gasteiger partial charge >= 0.3 is 12.2 Å². The van der Waals surface area contributed by atoms with Crippen molar-refractivity contribution in [2.24, 2.45) is 0 Å². The van der Waals surface area contributed by atoms with Gasteiger partial charge in [-0.1, -0.05) is 36.4 Å². The van der Waals surface area contributed by atoms with Crippen molar-refractivity contribution < 1.29 is 36.3 Å². The summed E-state index contributed by atoms with van der Waals surface area (Å²) in [5.74, 6) is -0.781. The van der Waals surface area contributed by atoms with Crippen LogP contribution in [-0.2, 0) is 19.3 Å². The molecule has 0 aliphatic rings. The third kappa shape index (κ3) is 11.8. The Hall–Kier alpha value is -5.60. The van der Waals surface area contributed by atoms with Gasteiger partial charge in [-0.2, -0.15) is 0 Å². The van der Waals surface area contributed by atoms with Crippen molar-refractivity contribution in [1.29, 1.82) is 0 Å². The monoisotopic (exact) mass is 856 g/mol. The van der Waals surface area contributed by atoms with E-state index < -0.39 is 45.1 Å². The molecule has 0 fully saturated rings. The maximum atomic E-state index is 13.8. The number of nitrogens with one attached hydrogen (secondary N) is 2. The van der Waals surface area contributed by atoms with Crippen LogP contribution < -0.4 is 10.6 Å². The minimum Gasteiger partial charge on any atom is -0.444 e. The molecule has 2 N–H and O–H groups in total. The second kappa shape index (κ2) is 18.3. The van der Waals surface area contributed by atoms with Crippen LogP contribution in [0.4, 0.5) is 18.4 Å². The molecule has 2 atom stereocenters. The number of sulfone groups is 1. The highest BCUT2D eigenvalue weighted by atomic mass is 32.2. The Kier molecular flexibility index (Phi) is 13.9. The Morgan fingerprint density at radius 2 is 1.07 bits per heavy atom. The van der Waals surface area contributed by atoms with E-state index in [4.69, 9.17) is 14.5 Å². The molecule has 6 aromatic rings. The molecule has 0 aliphatic heterocycles. The number of halogens is 2. The predicted molar refractivity (Wildman–Crippen MR) is 235 cm³/mol. The van der Waals surface area contributed by atoms with E-state index in [1.807, 2.05) is 64.3 Å². The van der Waals surface area contributed by atoms with Crippen molar-refractivity contribution in [2.75, 3.05) is 12.5 Å². The Balaban J connectivity index is 0.000000228. The minimum absolute atomic E-state index is 0.101. The molecule has 0 unspecified atom stereocenters. The number of aromatic nitrogens is 2. The molecule has 0 saturated heterocycles. The van der Waals surface area contributed by atoms with Gasteiger partial charge in [0.2, 0.25) is 0 Å². The zero-order chi connectivity index (χ0) is 44.2. The summed E-state index contributed by atoms with van der Waals surface area (Å²) in [6.45, 7) is 14.4. The molecular weight excluding hydrogens is 807 g/mol. The van der Waals surface area contributed by atoms with Crippen LogP contribution in [0.5, 0.6) is 0 Å².